The molecule has 3 aliphatic rings. The van der Waals surface area contributed by atoms with Crippen LogP contribution in [-0.4, -0.2) is 72.5 Å². The molecule has 3 fully saturated rings. The van der Waals surface area contributed by atoms with Gasteiger partial charge in [-0.25, -0.2) is 4.52 Å². The largest absolute Gasteiger partial charge is 0.370 e. The molecule has 0 amide bonds. The lowest BCUT2D eigenvalue weighted by molar-refractivity contribution is -0.0394. The van der Waals surface area contributed by atoms with E-state index in [2.05, 4.69) is 39.3 Å². The molecule has 7 nitrogen and oxygen atoms in total. The summed E-state index contributed by atoms with van der Waals surface area (Å²) in [6.45, 7) is 9.64. The molecule has 0 saturated carbocycles. The van der Waals surface area contributed by atoms with E-state index in [1.807, 2.05) is 12.1 Å². The second kappa shape index (κ2) is 7.60. The number of aromatic nitrogens is 2. The number of pyridine rings is 1. The molecule has 5 heterocycles. The quantitative estimate of drug-likeness (QED) is 0.857. The first-order chi connectivity index (χ1) is 14.2. The first-order valence-electron chi connectivity index (χ1n) is 10.9. The molecule has 2 aromatic rings. The Morgan fingerprint density at radius 1 is 1.24 bits per heavy atom. The van der Waals surface area contributed by atoms with Crippen molar-refractivity contribution in [3.8, 4) is 6.07 Å². The summed E-state index contributed by atoms with van der Waals surface area (Å²) in [7, 11) is 0. The Morgan fingerprint density at radius 3 is 2.86 bits per heavy atom. The van der Waals surface area contributed by atoms with Gasteiger partial charge in [0, 0.05) is 26.2 Å². The van der Waals surface area contributed by atoms with Crippen LogP contribution in [0.5, 0.6) is 0 Å². The Bertz CT molecular complexity index is 902. The second-order valence-corrected chi connectivity index (χ2v) is 9.04. The van der Waals surface area contributed by atoms with Gasteiger partial charge >= 0.3 is 0 Å². The van der Waals surface area contributed by atoms with Crippen molar-refractivity contribution >= 4 is 11.2 Å². The van der Waals surface area contributed by atoms with E-state index in [0.717, 1.165) is 30.8 Å². The van der Waals surface area contributed by atoms with Crippen LogP contribution in [0.15, 0.2) is 24.4 Å². The third-order valence-electron chi connectivity index (χ3n) is 7.02. The lowest BCUT2D eigenvalue weighted by atomic mass is 9.78. The van der Waals surface area contributed by atoms with Crippen LogP contribution in [0.3, 0.4) is 0 Å². The molecule has 1 N–H and O–H groups in total. The third kappa shape index (κ3) is 3.61. The van der Waals surface area contributed by atoms with Gasteiger partial charge in [0.2, 0.25) is 0 Å². The van der Waals surface area contributed by atoms with Gasteiger partial charge in [-0.3, -0.25) is 0 Å². The van der Waals surface area contributed by atoms with Crippen LogP contribution in [0.2, 0.25) is 0 Å². The van der Waals surface area contributed by atoms with Gasteiger partial charge in [-0.2, -0.15) is 10.4 Å². The van der Waals surface area contributed by atoms with E-state index >= 15 is 0 Å². The summed E-state index contributed by atoms with van der Waals surface area (Å²) in [6, 6.07) is 8.14. The van der Waals surface area contributed by atoms with Gasteiger partial charge in [-0.15, -0.1) is 0 Å². The number of hydrogen-bond acceptors (Lipinski definition) is 6. The highest BCUT2D eigenvalue weighted by molar-refractivity contribution is 5.74. The number of nitrogens with one attached hydrogen (secondary N) is 1. The number of rotatable bonds is 3. The minimum absolute atomic E-state index is 0.183. The summed E-state index contributed by atoms with van der Waals surface area (Å²) in [4.78, 5) is 5.00. The van der Waals surface area contributed by atoms with Gasteiger partial charge in [0.1, 0.15) is 11.8 Å². The minimum Gasteiger partial charge on any atom is -0.370 e. The van der Waals surface area contributed by atoms with E-state index in [0.29, 0.717) is 11.1 Å². The van der Waals surface area contributed by atoms with Crippen LogP contribution in [0, 0.1) is 16.7 Å². The van der Waals surface area contributed by atoms with E-state index in [1.165, 1.54) is 45.4 Å². The van der Waals surface area contributed by atoms with Crippen molar-refractivity contribution in [3.63, 3.8) is 0 Å². The Kier molecular flexibility index (Phi) is 4.94. The van der Waals surface area contributed by atoms with Gasteiger partial charge in [0.05, 0.1) is 29.6 Å². The molecule has 0 radical (unpaired) electrons. The number of fused-ring (bicyclic) bond motifs is 1. The first kappa shape index (κ1) is 18.9. The van der Waals surface area contributed by atoms with E-state index in [9.17, 15) is 5.26 Å². The zero-order valence-corrected chi connectivity index (χ0v) is 17.2. The number of likely N-dealkylation sites (tertiary alicyclic amines) is 1. The molecule has 2 aromatic heterocycles. The fraction of sp³-hybridized carbons (Fsp3) is 0.636. The zero-order valence-electron chi connectivity index (χ0n) is 17.2. The fourth-order valence-electron chi connectivity index (χ4n) is 5.42. The van der Waals surface area contributed by atoms with Crippen molar-refractivity contribution in [3.05, 3.63) is 30.1 Å². The van der Waals surface area contributed by atoms with E-state index < -0.39 is 0 Å². The van der Waals surface area contributed by atoms with Crippen LogP contribution in [0.4, 0.5) is 5.69 Å². The molecular formula is C22H30N6O. The van der Waals surface area contributed by atoms with Crippen LogP contribution < -0.4 is 10.2 Å². The van der Waals surface area contributed by atoms with Crippen LogP contribution in [0.25, 0.3) is 5.52 Å². The summed E-state index contributed by atoms with van der Waals surface area (Å²) < 4.78 is 8.07. The SMILES string of the molecule is C[C@@H]1CN(c2ccc(C#N)n3nccc23)C[C@H](CN2CCC3(CCNC3)CC2)O1. The highest BCUT2D eigenvalue weighted by Crippen LogP contribution is 2.37. The molecule has 5 rings (SSSR count). The molecule has 0 aromatic carbocycles. The lowest BCUT2D eigenvalue weighted by Crippen LogP contribution is -2.52. The van der Waals surface area contributed by atoms with Gasteiger partial charge in [0.25, 0.3) is 0 Å². The van der Waals surface area contributed by atoms with Crippen molar-refractivity contribution in [2.24, 2.45) is 5.41 Å². The predicted octanol–water partition coefficient (Wildman–Crippen LogP) is 1.88. The maximum atomic E-state index is 9.34. The van der Waals surface area contributed by atoms with Gasteiger partial charge in [-0.1, -0.05) is 0 Å². The lowest BCUT2D eigenvalue weighted by Gasteiger charge is -2.43. The molecule has 3 saturated heterocycles. The highest BCUT2D eigenvalue weighted by Gasteiger charge is 2.38. The maximum Gasteiger partial charge on any atom is 0.142 e. The molecule has 29 heavy (non-hydrogen) atoms. The van der Waals surface area contributed by atoms with E-state index in [-0.39, 0.29) is 12.2 Å². The molecular weight excluding hydrogens is 364 g/mol. The van der Waals surface area contributed by atoms with Gasteiger partial charge < -0.3 is 19.9 Å². The van der Waals surface area contributed by atoms with Gasteiger partial charge in [-0.05, 0) is 69.4 Å². The van der Waals surface area contributed by atoms with E-state index in [4.69, 9.17) is 4.74 Å². The molecule has 0 bridgehead atoms. The van der Waals surface area contributed by atoms with Gasteiger partial charge in [0.15, 0.2) is 0 Å². The predicted molar refractivity (Wildman–Crippen MR) is 112 cm³/mol. The monoisotopic (exact) mass is 394 g/mol. The fourth-order valence-corrected chi connectivity index (χ4v) is 5.42. The van der Waals surface area contributed by atoms with Crippen LogP contribution >= 0.6 is 0 Å². The van der Waals surface area contributed by atoms with Crippen molar-refractivity contribution in [1.82, 2.24) is 19.8 Å². The van der Waals surface area contributed by atoms with Crippen LogP contribution in [-0.2, 0) is 4.74 Å². The summed E-state index contributed by atoms with van der Waals surface area (Å²) in [6.07, 6.45) is 6.10. The van der Waals surface area contributed by atoms with Crippen LogP contribution in [0.1, 0.15) is 31.9 Å². The van der Waals surface area contributed by atoms with Crippen molar-refractivity contribution in [2.75, 3.05) is 50.7 Å². The second-order valence-electron chi connectivity index (χ2n) is 9.04. The molecule has 154 valence electrons. The first-order valence-corrected chi connectivity index (χ1v) is 10.9. The topological polar surface area (TPSA) is 68.8 Å². The number of nitrogens with zero attached hydrogens (tertiary/aromatic N) is 5. The molecule has 0 aliphatic carbocycles. The molecule has 2 atom stereocenters. The molecule has 7 heteroatoms. The van der Waals surface area contributed by atoms with Crippen molar-refractivity contribution in [1.29, 1.82) is 5.26 Å². The summed E-state index contributed by atoms with van der Waals surface area (Å²) in [5.74, 6) is 0. The maximum absolute atomic E-state index is 9.34. The standard InChI is InChI=1S/C22H30N6O/c1-17-13-27(20-3-2-18(12-23)28-21(20)4-8-25-28)15-19(29-17)14-26-10-6-22(7-11-26)5-9-24-16-22/h2-4,8,17,19,24H,5-7,9-11,13-16H2,1H3/t17-,19+/m1/s1. The molecule has 0 unspecified atom stereocenters. The molecule has 3 aliphatic heterocycles. The van der Waals surface area contributed by atoms with Crippen molar-refractivity contribution in [2.45, 2.75) is 38.4 Å². The Labute approximate surface area is 172 Å². The van der Waals surface area contributed by atoms with Crippen molar-refractivity contribution < 1.29 is 4.74 Å². The number of ether oxygens (including phenoxy) is 1. The Morgan fingerprint density at radius 2 is 2.10 bits per heavy atom. The third-order valence-corrected chi connectivity index (χ3v) is 7.02. The number of hydrogen-bond donors (Lipinski definition) is 1. The minimum atomic E-state index is 0.183. The number of piperidine rings is 1. The Hall–Kier alpha value is -2.14. The number of morpholine rings is 1. The Balaban J connectivity index is 1.28. The molecule has 1 spiro atoms. The number of nitriles is 1. The summed E-state index contributed by atoms with van der Waals surface area (Å²) in [5.41, 5.74) is 3.25. The summed E-state index contributed by atoms with van der Waals surface area (Å²) in [5, 5.41) is 17.2. The average molecular weight is 395 g/mol. The number of anilines is 1. The summed E-state index contributed by atoms with van der Waals surface area (Å²) >= 11 is 0. The smallest absolute Gasteiger partial charge is 0.142 e. The highest BCUT2D eigenvalue weighted by atomic mass is 16.5. The normalized spacial score (nSPS) is 27.5. The van der Waals surface area contributed by atoms with E-state index in [1.54, 1.807) is 10.7 Å². The average Bonchev–Trinajstić information content (AvgIpc) is 3.39. The zero-order chi connectivity index (χ0) is 19.8.